The monoisotopic (exact) mass is 199 g/mol. The van der Waals surface area contributed by atoms with E-state index in [4.69, 9.17) is 9.52 Å². The van der Waals surface area contributed by atoms with Crippen LogP contribution in [0.15, 0.2) is 10.7 Å². The van der Waals surface area contributed by atoms with Gasteiger partial charge in [-0.2, -0.15) is 0 Å². The van der Waals surface area contributed by atoms with Crippen molar-refractivity contribution in [2.45, 2.75) is 20.0 Å². The Balaban J connectivity index is 2.50. The molecular weight excluding hydrogens is 190 g/mol. The van der Waals surface area contributed by atoms with Crippen molar-refractivity contribution in [2.24, 2.45) is 0 Å². The van der Waals surface area contributed by atoms with E-state index in [0.717, 1.165) is 0 Å². The second-order valence-electron chi connectivity index (χ2n) is 2.58. The fraction of sp³-hybridized carbons (Fsp3) is 0.375. The van der Waals surface area contributed by atoms with Crippen LogP contribution >= 0.6 is 0 Å². The molecular formula is C8H9NO5. The van der Waals surface area contributed by atoms with Gasteiger partial charge in [0.05, 0.1) is 12.1 Å². The van der Waals surface area contributed by atoms with E-state index in [0.29, 0.717) is 5.69 Å². The van der Waals surface area contributed by atoms with E-state index in [-0.39, 0.29) is 18.9 Å². The zero-order valence-corrected chi connectivity index (χ0v) is 7.52. The van der Waals surface area contributed by atoms with Gasteiger partial charge in [-0.3, -0.25) is 9.59 Å². The first-order valence-corrected chi connectivity index (χ1v) is 3.86. The molecule has 0 aliphatic carbocycles. The molecule has 0 unspecified atom stereocenters. The maximum Gasteiger partial charge on any atom is 0.309 e. The molecule has 0 saturated carbocycles. The minimum absolute atomic E-state index is 0.0745. The first kappa shape index (κ1) is 10.2. The van der Waals surface area contributed by atoms with Gasteiger partial charge in [-0.15, -0.1) is 0 Å². The lowest BCUT2D eigenvalue weighted by molar-refractivity contribution is -0.143. The number of carboxylic acid groups (broad SMARTS) is 1. The van der Waals surface area contributed by atoms with Crippen LogP contribution < -0.4 is 0 Å². The van der Waals surface area contributed by atoms with Crippen molar-refractivity contribution < 1.29 is 23.8 Å². The van der Waals surface area contributed by atoms with Gasteiger partial charge in [-0.25, -0.2) is 4.98 Å². The molecule has 76 valence electrons. The Bertz CT molecular complexity index is 343. The molecule has 0 saturated heterocycles. The summed E-state index contributed by atoms with van der Waals surface area (Å²) in [6.07, 6.45) is 1.02. The molecule has 0 amide bonds. The fourth-order valence-electron chi connectivity index (χ4n) is 0.815. The summed E-state index contributed by atoms with van der Waals surface area (Å²) in [7, 11) is 0. The highest BCUT2D eigenvalue weighted by atomic mass is 16.5. The quantitative estimate of drug-likeness (QED) is 0.704. The van der Waals surface area contributed by atoms with Gasteiger partial charge in [0.15, 0.2) is 6.61 Å². The predicted octanol–water partition coefficient (Wildman–Crippen LogP) is 0.365. The van der Waals surface area contributed by atoms with Gasteiger partial charge in [0.2, 0.25) is 5.89 Å². The second kappa shape index (κ2) is 4.40. The average Bonchev–Trinajstić information content (AvgIpc) is 2.47. The summed E-state index contributed by atoms with van der Waals surface area (Å²) in [4.78, 5) is 24.5. The summed E-state index contributed by atoms with van der Waals surface area (Å²) in [5.41, 5.74) is 0.305. The molecule has 1 N–H and O–H groups in total. The van der Waals surface area contributed by atoms with Crippen LogP contribution in [0.25, 0.3) is 0 Å². The lowest BCUT2D eigenvalue weighted by Gasteiger charge is -1.94. The number of carboxylic acids is 1. The molecule has 0 spiro atoms. The maximum atomic E-state index is 10.4. The lowest BCUT2D eigenvalue weighted by atomic mass is 10.3. The Kier molecular flexibility index (Phi) is 3.22. The minimum atomic E-state index is -0.989. The highest BCUT2D eigenvalue weighted by Gasteiger charge is 2.08. The topological polar surface area (TPSA) is 89.6 Å². The number of carbonyl (C=O) groups excluding carboxylic acids is 1. The smallest absolute Gasteiger partial charge is 0.309 e. The number of rotatable bonds is 4. The molecule has 0 radical (unpaired) electrons. The highest BCUT2D eigenvalue weighted by molar-refractivity contribution is 5.69. The standard InChI is InChI=1S/C8H9NO5/c1-5(10)13-4-7-9-6(3-14-7)2-8(11)12/h3H,2,4H2,1H3,(H,11,12). The normalized spacial score (nSPS) is 9.79. The third kappa shape index (κ3) is 3.26. The first-order chi connectivity index (χ1) is 6.58. The summed E-state index contributed by atoms with van der Waals surface area (Å²) in [5, 5.41) is 8.43. The summed E-state index contributed by atoms with van der Waals surface area (Å²) >= 11 is 0. The van der Waals surface area contributed by atoms with Gasteiger partial charge in [-0.05, 0) is 0 Å². The Morgan fingerprint density at radius 1 is 1.64 bits per heavy atom. The van der Waals surface area contributed by atoms with E-state index in [9.17, 15) is 9.59 Å². The van der Waals surface area contributed by atoms with Gasteiger partial charge in [0, 0.05) is 6.92 Å². The van der Waals surface area contributed by atoms with Crippen molar-refractivity contribution in [1.82, 2.24) is 4.98 Å². The molecule has 1 heterocycles. The van der Waals surface area contributed by atoms with Crippen molar-refractivity contribution in [3.8, 4) is 0 Å². The number of hydrogen-bond acceptors (Lipinski definition) is 5. The van der Waals surface area contributed by atoms with Crippen LogP contribution in [-0.4, -0.2) is 22.0 Å². The van der Waals surface area contributed by atoms with Gasteiger partial charge in [0.25, 0.3) is 0 Å². The highest BCUT2D eigenvalue weighted by Crippen LogP contribution is 2.04. The number of nitrogens with zero attached hydrogens (tertiary/aromatic N) is 1. The summed E-state index contributed by atoms with van der Waals surface area (Å²) in [5.74, 6) is -1.24. The Labute approximate surface area is 79.5 Å². The van der Waals surface area contributed by atoms with Crippen LogP contribution in [0.4, 0.5) is 0 Å². The molecule has 1 rings (SSSR count). The van der Waals surface area contributed by atoms with Gasteiger partial charge in [0.1, 0.15) is 6.26 Å². The Morgan fingerprint density at radius 2 is 2.36 bits per heavy atom. The fourth-order valence-corrected chi connectivity index (χ4v) is 0.815. The molecule has 0 atom stereocenters. The summed E-state index contributed by atoms with van der Waals surface area (Å²) in [6, 6.07) is 0. The van der Waals surface area contributed by atoms with E-state index in [1.807, 2.05) is 0 Å². The molecule has 6 nitrogen and oxygen atoms in total. The summed E-state index contributed by atoms with van der Waals surface area (Å²) < 4.78 is 9.47. The number of ether oxygens (including phenoxy) is 1. The van der Waals surface area contributed by atoms with Gasteiger partial charge in [-0.1, -0.05) is 0 Å². The largest absolute Gasteiger partial charge is 0.481 e. The van der Waals surface area contributed by atoms with E-state index >= 15 is 0 Å². The number of esters is 1. The van der Waals surface area contributed by atoms with E-state index in [1.54, 1.807) is 0 Å². The molecule has 0 aliphatic heterocycles. The van der Waals surface area contributed by atoms with E-state index in [1.165, 1.54) is 13.2 Å². The molecule has 0 bridgehead atoms. The van der Waals surface area contributed by atoms with Crippen molar-refractivity contribution in [3.05, 3.63) is 17.8 Å². The number of aliphatic carboxylic acids is 1. The Morgan fingerprint density at radius 3 is 2.93 bits per heavy atom. The number of oxazole rings is 1. The van der Waals surface area contributed by atoms with Crippen molar-refractivity contribution in [1.29, 1.82) is 0 Å². The van der Waals surface area contributed by atoms with Gasteiger partial charge >= 0.3 is 11.9 Å². The number of aromatic nitrogens is 1. The minimum Gasteiger partial charge on any atom is -0.481 e. The lowest BCUT2D eigenvalue weighted by Crippen LogP contribution is -2.02. The molecule has 0 aromatic carbocycles. The zero-order chi connectivity index (χ0) is 10.6. The second-order valence-corrected chi connectivity index (χ2v) is 2.58. The average molecular weight is 199 g/mol. The first-order valence-electron chi connectivity index (χ1n) is 3.86. The molecule has 0 fully saturated rings. The van der Waals surface area contributed by atoms with Crippen LogP contribution in [-0.2, 0) is 27.4 Å². The van der Waals surface area contributed by atoms with Crippen LogP contribution in [0.2, 0.25) is 0 Å². The third-order valence-corrected chi connectivity index (χ3v) is 1.33. The summed E-state index contributed by atoms with van der Waals surface area (Å²) in [6.45, 7) is 1.19. The van der Waals surface area contributed by atoms with E-state index in [2.05, 4.69) is 9.72 Å². The van der Waals surface area contributed by atoms with Gasteiger partial charge < -0.3 is 14.3 Å². The van der Waals surface area contributed by atoms with Crippen LogP contribution in [0.5, 0.6) is 0 Å². The zero-order valence-electron chi connectivity index (χ0n) is 7.52. The number of hydrogen-bond donors (Lipinski definition) is 1. The Hall–Kier alpha value is -1.85. The molecule has 0 aliphatic rings. The van der Waals surface area contributed by atoms with E-state index < -0.39 is 11.9 Å². The molecule has 14 heavy (non-hydrogen) atoms. The molecule has 6 heteroatoms. The van der Waals surface area contributed by atoms with Crippen molar-refractivity contribution in [2.75, 3.05) is 0 Å². The van der Waals surface area contributed by atoms with Crippen LogP contribution in [0.3, 0.4) is 0 Å². The SMILES string of the molecule is CC(=O)OCc1nc(CC(=O)O)co1. The molecule has 1 aromatic rings. The van der Waals surface area contributed by atoms with Crippen molar-refractivity contribution >= 4 is 11.9 Å². The van der Waals surface area contributed by atoms with Crippen LogP contribution in [0, 0.1) is 0 Å². The number of carbonyl (C=O) groups is 2. The maximum absolute atomic E-state index is 10.4. The third-order valence-electron chi connectivity index (χ3n) is 1.33. The van der Waals surface area contributed by atoms with Crippen molar-refractivity contribution in [3.63, 3.8) is 0 Å². The predicted molar refractivity (Wildman–Crippen MR) is 43.3 cm³/mol. The molecule has 1 aromatic heterocycles. The van der Waals surface area contributed by atoms with Crippen LogP contribution in [0.1, 0.15) is 18.5 Å².